The second kappa shape index (κ2) is 5.72. The van der Waals surface area contributed by atoms with Gasteiger partial charge in [-0.3, -0.25) is 4.39 Å². The number of alkyl halides is 1. The largest absolute Gasteiger partial charge is 0.251 e. The zero-order chi connectivity index (χ0) is 14.9. The standard InChI is InChI=1S/C21H21F/c22-13-3-4-15-7-8-17-10-11-19-18-6-2-1-5-16(18)9-12-20(19)21(17)14-15/h1-2,5-6,10-12,14-15H,3-4,7-9,13H2. The zero-order valence-corrected chi connectivity index (χ0v) is 12.8. The van der Waals surface area contributed by atoms with Gasteiger partial charge in [0.15, 0.2) is 0 Å². The lowest BCUT2D eigenvalue weighted by Crippen LogP contribution is -2.35. The van der Waals surface area contributed by atoms with Crippen LogP contribution in [0.2, 0.25) is 0 Å². The van der Waals surface area contributed by atoms with E-state index in [1.165, 1.54) is 39.1 Å². The molecular formula is C21H21F. The van der Waals surface area contributed by atoms with E-state index in [-0.39, 0.29) is 6.67 Å². The summed E-state index contributed by atoms with van der Waals surface area (Å²) in [6.45, 7) is -0.191. The van der Waals surface area contributed by atoms with Crippen molar-refractivity contribution >= 4 is 12.2 Å². The highest BCUT2D eigenvalue weighted by molar-refractivity contribution is 5.74. The molecule has 2 aromatic carbocycles. The van der Waals surface area contributed by atoms with Gasteiger partial charge in [-0.05, 0) is 70.7 Å². The molecule has 1 atom stereocenters. The molecule has 112 valence electrons. The van der Waals surface area contributed by atoms with Gasteiger partial charge in [-0.1, -0.05) is 48.6 Å². The van der Waals surface area contributed by atoms with Crippen LogP contribution in [0, 0.1) is 5.92 Å². The van der Waals surface area contributed by atoms with E-state index < -0.39 is 0 Å². The minimum absolute atomic E-state index is 0.191. The summed E-state index contributed by atoms with van der Waals surface area (Å²) in [5.74, 6) is 0.542. The Labute approximate surface area is 131 Å². The molecule has 0 amide bonds. The van der Waals surface area contributed by atoms with Crippen LogP contribution in [0.4, 0.5) is 4.39 Å². The second-order valence-electron chi connectivity index (χ2n) is 6.46. The van der Waals surface area contributed by atoms with E-state index in [1.54, 1.807) is 0 Å². The highest BCUT2D eigenvalue weighted by Gasteiger charge is 2.17. The summed E-state index contributed by atoms with van der Waals surface area (Å²) in [5, 5.41) is 2.82. The fourth-order valence-corrected chi connectivity index (χ4v) is 3.95. The first-order valence-corrected chi connectivity index (χ1v) is 8.35. The highest BCUT2D eigenvalue weighted by atomic mass is 19.1. The summed E-state index contributed by atoms with van der Waals surface area (Å²) in [6.07, 6.45) is 9.78. The maximum atomic E-state index is 12.5. The number of hydrogen-bond acceptors (Lipinski definition) is 0. The number of halogens is 1. The van der Waals surface area contributed by atoms with Gasteiger partial charge in [-0.2, -0.15) is 0 Å². The molecule has 0 fully saturated rings. The molecule has 1 heteroatoms. The molecule has 0 spiro atoms. The maximum absolute atomic E-state index is 12.5. The Morgan fingerprint density at radius 2 is 1.86 bits per heavy atom. The number of aryl methyl sites for hydroxylation is 1. The van der Waals surface area contributed by atoms with Crippen LogP contribution in [0.5, 0.6) is 0 Å². The molecule has 2 aliphatic rings. The summed E-state index contributed by atoms with van der Waals surface area (Å²) in [5.41, 5.74) is 5.62. The second-order valence-corrected chi connectivity index (χ2v) is 6.46. The summed E-state index contributed by atoms with van der Waals surface area (Å²) in [6, 6.07) is 13.3. The van der Waals surface area contributed by atoms with E-state index >= 15 is 0 Å². The number of hydrogen-bond donors (Lipinski definition) is 0. The third kappa shape index (κ3) is 2.29. The highest BCUT2D eigenvalue weighted by Crippen LogP contribution is 2.26. The molecule has 4 rings (SSSR count). The van der Waals surface area contributed by atoms with Crippen LogP contribution < -0.4 is 10.4 Å². The molecule has 0 radical (unpaired) electrons. The SMILES string of the molecule is FCCCC1C=c2c(ccc3c2=CCc2ccccc2-3)CC1. The van der Waals surface area contributed by atoms with E-state index in [1.807, 2.05) is 0 Å². The van der Waals surface area contributed by atoms with Crippen LogP contribution in [0.3, 0.4) is 0 Å². The van der Waals surface area contributed by atoms with Crippen molar-refractivity contribution in [2.24, 2.45) is 5.92 Å². The minimum atomic E-state index is -0.191. The van der Waals surface area contributed by atoms with E-state index in [0.29, 0.717) is 12.3 Å². The predicted molar refractivity (Wildman–Crippen MR) is 90.8 cm³/mol. The lowest BCUT2D eigenvalue weighted by Gasteiger charge is -2.21. The molecule has 0 aliphatic heterocycles. The number of rotatable bonds is 3. The van der Waals surface area contributed by atoms with Crippen molar-refractivity contribution in [2.75, 3.05) is 6.67 Å². The van der Waals surface area contributed by atoms with Crippen molar-refractivity contribution in [1.82, 2.24) is 0 Å². The van der Waals surface area contributed by atoms with Gasteiger partial charge >= 0.3 is 0 Å². The first kappa shape index (κ1) is 13.8. The van der Waals surface area contributed by atoms with Crippen LogP contribution in [0.25, 0.3) is 23.3 Å². The van der Waals surface area contributed by atoms with Crippen LogP contribution in [0.15, 0.2) is 36.4 Å². The third-order valence-electron chi connectivity index (χ3n) is 5.11. The van der Waals surface area contributed by atoms with Gasteiger partial charge in [0.2, 0.25) is 0 Å². The molecule has 2 aliphatic carbocycles. The monoisotopic (exact) mass is 292 g/mol. The molecule has 22 heavy (non-hydrogen) atoms. The van der Waals surface area contributed by atoms with Crippen LogP contribution in [-0.2, 0) is 12.8 Å². The Balaban J connectivity index is 1.86. The summed E-state index contributed by atoms with van der Waals surface area (Å²) >= 11 is 0. The Morgan fingerprint density at radius 1 is 0.955 bits per heavy atom. The summed E-state index contributed by atoms with van der Waals surface area (Å²) in [4.78, 5) is 0. The average molecular weight is 292 g/mol. The Kier molecular flexibility index (Phi) is 3.57. The molecule has 1 unspecified atom stereocenters. The first-order chi connectivity index (χ1) is 10.9. The van der Waals surface area contributed by atoms with Crippen molar-refractivity contribution in [1.29, 1.82) is 0 Å². The predicted octanol–water partition coefficient (Wildman–Crippen LogP) is 3.78. The lowest BCUT2D eigenvalue weighted by molar-refractivity contribution is 0.429. The summed E-state index contributed by atoms with van der Waals surface area (Å²) in [7, 11) is 0. The van der Waals surface area contributed by atoms with E-state index in [2.05, 4.69) is 48.6 Å². The molecule has 0 N–H and O–H groups in total. The Hall–Kier alpha value is -1.89. The van der Waals surface area contributed by atoms with Crippen molar-refractivity contribution in [2.45, 2.75) is 32.1 Å². The molecule has 0 heterocycles. The van der Waals surface area contributed by atoms with Gasteiger partial charge in [0.1, 0.15) is 0 Å². The van der Waals surface area contributed by atoms with Gasteiger partial charge in [0.25, 0.3) is 0 Å². The fourth-order valence-electron chi connectivity index (χ4n) is 3.95. The van der Waals surface area contributed by atoms with Gasteiger partial charge in [-0.25, -0.2) is 0 Å². The van der Waals surface area contributed by atoms with Gasteiger partial charge in [-0.15, -0.1) is 0 Å². The van der Waals surface area contributed by atoms with Crippen molar-refractivity contribution in [3.05, 3.63) is 58.0 Å². The fraction of sp³-hybridized carbons (Fsp3) is 0.333. The average Bonchev–Trinajstić information content (AvgIpc) is 2.59. The zero-order valence-electron chi connectivity index (χ0n) is 12.8. The van der Waals surface area contributed by atoms with Crippen molar-refractivity contribution < 1.29 is 4.39 Å². The number of fused-ring (bicyclic) bond motifs is 5. The quantitative estimate of drug-likeness (QED) is 0.807. The van der Waals surface area contributed by atoms with Crippen LogP contribution in [-0.4, -0.2) is 6.67 Å². The van der Waals surface area contributed by atoms with E-state index in [0.717, 1.165) is 19.3 Å². The van der Waals surface area contributed by atoms with E-state index in [4.69, 9.17) is 0 Å². The van der Waals surface area contributed by atoms with Gasteiger partial charge < -0.3 is 0 Å². The van der Waals surface area contributed by atoms with Crippen molar-refractivity contribution in [3.8, 4) is 11.1 Å². The molecular weight excluding hydrogens is 271 g/mol. The summed E-state index contributed by atoms with van der Waals surface area (Å²) < 4.78 is 12.5. The lowest BCUT2D eigenvalue weighted by atomic mass is 9.83. The molecule has 0 aromatic heterocycles. The van der Waals surface area contributed by atoms with Gasteiger partial charge in [0.05, 0.1) is 6.67 Å². The van der Waals surface area contributed by atoms with Crippen LogP contribution >= 0.6 is 0 Å². The first-order valence-electron chi connectivity index (χ1n) is 8.35. The third-order valence-corrected chi connectivity index (χ3v) is 5.11. The molecule has 0 bridgehead atoms. The maximum Gasteiger partial charge on any atom is 0.0894 e. The molecule has 0 saturated carbocycles. The van der Waals surface area contributed by atoms with Gasteiger partial charge in [0, 0.05) is 0 Å². The normalized spacial score (nSPS) is 18.5. The van der Waals surface area contributed by atoms with Crippen LogP contribution in [0.1, 0.15) is 30.4 Å². The topological polar surface area (TPSA) is 0 Å². The Morgan fingerprint density at radius 3 is 2.77 bits per heavy atom. The molecule has 0 saturated heterocycles. The molecule has 0 nitrogen and oxygen atoms in total. The van der Waals surface area contributed by atoms with E-state index in [9.17, 15) is 4.39 Å². The molecule has 2 aromatic rings. The minimum Gasteiger partial charge on any atom is -0.251 e. The number of benzene rings is 2. The van der Waals surface area contributed by atoms with Crippen molar-refractivity contribution in [3.63, 3.8) is 0 Å². The smallest absolute Gasteiger partial charge is 0.0894 e. The Bertz CT molecular complexity index is 816.